The van der Waals surface area contributed by atoms with E-state index in [-0.39, 0.29) is 17.6 Å². The van der Waals surface area contributed by atoms with E-state index < -0.39 is 4.92 Å². The van der Waals surface area contributed by atoms with Crippen molar-refractivity contribution in [3.05, 3.63) is 33.9 Å². The first-order valence-electron chi connectivity index (χ1n) is 6.90. The Labute approximate surface area is 117 Å². The van der Waals surface area contributed by atoms with Crippen molar-refractivity contribution in [2.45, 2.75) is 32.7 Å². The number of benzene rings is 1. The molecule has 0 bridgehead atoms. The molecule has 2 rings (SSSR count). The van der Waals surface area contributed by atoms with Crippen molar-refractivity contribution >= 4 is 17.3 Å². The molecule has 1 aliphatic carbocycles. The summed E-state index contributed by atoms with van der Waals surface area (Å²) in [6, 6.07) is 4.77. The van der Waals surface area contributed by atoms with Crippen LogP contribution in [-0.2, 0) is 0 Å². The van der Waals surface area contributed by atoms with Crippen LogP contribution in [0.25, 0.3) is 0 Å². The van der Waals surface area contributed by atoms with E-state index in [1.165, 1.54) is 12.1 Å². The number of nitro benzene ring substituents is 1. The van der Waals surface area contributed by atoms with Gasteiger partial charge < -0.3 is 10.6 Å². The maximum absolute atomic E-state index is 12.3. The fourth-order valence-corrected chi connectivity index (χ4v) is 2.37. The molecule has 6 nitrogen and oxygen atoms in total. The largest absolute Gasteiger partial charge is 0.379 e. The Hall–Kier alpha value is -2.11. The average molecular weight is 277 g/mol. The third-order valence-electron chi connectivity index (χ3n) is 3.60. The third-order valence-corrected chi connectivity index (χ3v) is 3.60. The predicted octanol–water partition coefficient (Wildman–Crippen LogP) is 2.55. The number of carbonyl (C=O) groups is 1. The summed E-state index contributed by atoms with van der Waals surface area (Å²) in [6.07, 6.45) is 2.04. The quantitative estimate of drug-likeness (QED) is 0.618. The molecule has 2 atom stereocenters. The Bertz CT molecular complexity index is 530. The molecule has 108 valence electrons. The van der Waals surface area contributed by atoms with Crippen LogP contribution in [0, 0.1) is 16.0 Å². The summed E-state index contributed by atoms with van der Waals surface area (Å²) in [7, 11) is 0. The monoisotopic (exact) mass is 277 g/mol. The van der Waals surface area contributed by atoms with Crippen molar-refractivity contribution in [3.8, 4) is 0 Å². The van der Waals surface area contributed by atoms with Crippen LogP contribution < -0.4 is 10.6 Å². The van der Waals surface area contributed by atoms with E-state index in [9.17, 15) is 14.9 Å². The minimum absolute atomic E-state index is 0.0673. The van der Waals surface area contributed by atoms with Crippen molar-refractivity contribution in [2.75, 3.05) is 11.9 Å². The zero-order valence-corrected chi connectivity index (χ0v) is 11.7. The summed E-state index contributed by atoms with van der Waals surface area (Å²) < 4.78 is 0. The van der Waals surface area contributed by atoms with Gasteiger partial charge in [-0.25, -0.2) is 0 Å². The molecule has 1 aliphatic rings. The predicted molar refractivity (Wildman–Crippen MR) is 76.9 cm³/mol. The third kappa shape index (κ3) is 2.89. The van der Waals surface area contributed by atoms with Crippen LogP contribution in [0.1, 0.15) is 37.0 Å². The van der Waals surface area contributed by atoms with E-state index in [4.69, 9.17) is 0 Å². The van der Waals surface area contributed by atoms with Crippen molar-refractivity contribution in [1.82, 2.24) is 5.32 Å². The second-order valence-corrected chi connectivity index (χ2v) is 4.97. The fraction of sp³-hybridized carbons (Fsp3) is 0.500. The summed E-state index contributed by atoms with van der Waals surface area (Å²) in [6.45, 7) is 4.45. The fourth-order valence-electron chi connectivity index (χ4n) is 2.37. The van der Waals surface area contributed by atoms with Crippen LogP contribution in [0.3, 0.4) is 0 Å². The zero-order chi connectivity index (χ0) is 14.7. The van der Waals surface area contributed by atoms with Gasteiger partial charge in [0.15, 0.2) is 0 Å². The zero-order valence-electron chi connectivity index (χ0n) is 11.7. The Morgan fingerprint density at radius 3 is 2.75 bits per heavy atom. The molecular weight excluding hydrogens is 258 g/mol. The minimum atomic E-state index is -0.471. The lowest BCUT2D eigenvalue weighted by atomic mass is 10.1. The molecule has 2 unspecified atom stereocenters. The summed E-state index contributed by atoms with van der Waals surface area (Å²) in [5.74, 6) is 0.297. The summed E-state index contributed by atoms with van der Waals surface area (Å²) in [5, 5.41) is 16.9. The number of carbonyl (C=O) groups excluding carboxylic acids is 1. The van der Waals surface area contributed by atoms with Gasteiger partial charge in [-0.05, 0) is 25.3 Å². The van der Waals surface area contributed by atoms with Gasteiger partial charge >= 0.3 is 0 Å². The number of nitrogens with zero attached hydrogens (tertiary/aromatic N) is 1. The molecule has 20 heavy (non-hydrogen) atoms. The van der Waals surface area contributed by atoms with Gasteiger partial charge in [-0.3, -0.25) is 14.9 Å². The minimum Gasteiger partial charge on any atom is -0.379 e. The number of hydrogen-bond acceptors (Lipinski definition) is 4. The molecule has 1 amide bonds. The SMILES string of the molecule is CCNc1c(C(=O)NC2CC2CC)cccc1[N+](=O)[O-]. The van der Waals surface area contributed by atoms with Crippen molar-refractivity contribution in [1.29, 1.82) is 0 Å². The Kier molecular flexibility index (Phi) is 4.22. The number of rotatable bonds is 6. The van der Waals surface area contributed by atoms with Gasteiger partial charge in [0, 0.05) is 18.7 Å². The molecule has 1 aromatic carbocycles. The van der Waals surface area contributed by atoms with Crippen LogP contribution in [0.4, 0.5) is 11.4 Å². The van der Waals surface area contributed by atoms with Crippen LogP contribution in [0.2, 0.25) is 0 Å². The first-order chi connectivity index (χ1) is 9.58. The molecule has 0 aliphatic heterocycles. The molecule has 0 radical (unpaired) electrons. The maximum atomic E-state index is 12.3. The van der Waals surface area contributed by atoms with E-state index in [1.54, 1.807) is 6.07 Å². The van der Waals surface area contributed by atoms with Crippen LogP contribution in [0.15, 0.2) is 18.2 Å². The Balaban J connectivity index is 2.23. The van der Waals surface area contributed by atoms with Gasteiger partial charge in [-0.1, -0.05) is 19.4 Å². The Morgan fingerprint density at radius 1 is 1.45 bits per heavy atom. The van der Waals surface area contributed by atoms with E-state index in [2.05, 4.69) is 17.6 Å². The van der Waals surface area contributed by atoms with E-state index in [0.717, 1.165) is 12.8 Å². The van der Waals surface area contributed by atoms with E-state index in [0.29, 0.717) is 23.7 Å². The molecule has 1 saturated carbocycles. The van der Waals surface area contributed by atoms with Gasteiger partial charge in [-0.2, -0.15) is 0 Å². The van der Waals surface area contributed by atoms with Crippen LogP contribution in [-0.4, -0.2) is 23.4 Å². The van der Waals surface area contributed by atoms with Gasteiger partial charge in [0.2, 0.25) is 0 Å². The second kappa shape index (κ2) is 5.90. The summed E-state index contributed by atoms with van der Waals surface area (Å²) in [4.78, 5) is 22.8. The standard InChI is InChI=1S/C14H19N3O3/c1-3-9-8-11(9)16-14(18)10-6-5-7-12(17(19)20)13(10)15-4-2/h5-7,9,11,15H,3-4,8H2,1-2H3,(H,16,18). The van der Waals surface area contributed by atoms with Gasteiger partial charge in [0.1, 0.15) is 5.69 Å². The highest BCUT2D eigenvalue weighted by Gasteiger charge is 2.37. The molecule has 1 fully saturated rings. The average Bonchev–Trinajstić information content (AvgIpc) is 3.17. The highest BCUT2D eigenvalue weighted by Crippen LogP contribution is 2.34. The summed E-state index contributed by atoms with van der Waals surface area (Å²) in [5.41, 5.74) is 0.566. The van der Waals surface area contributed by atoms with Crippen molar-refractivity contribution in [2.24, 2.45) is 5.92 Å². The van der Waals surface area contributed by atoms with Crippen molar-refractivity contribution < 1.29 is 9.72 Å². The molecule has 2 N–H and O–H groups in total. The lowest BCUT2D eigenvalue weighted by molar-refractivity contribution is -0.384. The molecule has 0 saturated heterocycles. The molecular formula is C14H19N3O3. The number of nitrogens with one attached hydrogen (secondary N) is 2. The smallest absolute Gasteiger partial charge is 0.293 e. The molecule has 1 aromatic rings. The number of amides is 1. The van der Waals surface area contributed by atoms with Crippen LogP contribution >= 0.6 is 0 Å². The molecule has 0 heterocycles. The number of hydrogen-bond donors (Lipinski definition) is 2. The summed E-state index contributed by atoms with van der Waals surface area (Å²) >= 11 is 0. The first kappa shape index (κ1) is 14.3. The Morgan fingerprint density at radius 2 is 2.20 bits per heavy atom. The topological polar surface area (TPSA) is 84.3 Å². The lowest BCUT2D eigenvalue weighted by Gasteiger charge is -2.11. The van der Waals surface area contributed by atoms with Gasteiger partial charge in [-0.15, -0.1) is 0 Å². The van der Waals surface area contributed by atoms with Gasteiger partial charge in [0.25, 0.3) is 11.6 Å². The first-order valence-corrected chi connectivity index (χ1v) is 6.90. The number of para-hydroxylation sites is 1. The lowest BCUT2D eigenvalue weighted by Crippen LogP contribution is -2.27. The normalized spacial score (nSPS) is 20.3. The molecule has 0 aromatic heterocycles. The van der Waals surface area contributed by atoms with Crippen molar-refractivity contribution in [3.63, 3.8) is 0 Å². The maximum Gasteiger partial charge on any atom is 0.293 e. The number of anilines is 1. The van der Waals surface area contributed by atoms with E-state index in [1.807, 2.05) is 6.92 Å². The molecule has 6 heteroatoms. The van der Waals surface area contributed by atoms with Gasteiger partial charge in [0.05, 0.1) is 10.5 Å². The second-order valence-electron chi connectivity index (χ2n) is 4.97. The van der Waals surface area contributed by atoms with E-state index >= 15 is 0 Å². The highest BCUT2D eigenvalue weighted by molar-refractivity contribution is 6.01. The highest BCUT2D eigenvalue weighted by atomic mass is 16.6. The number of nitro groups is 1. The van der Waals surface area contributed by atoms with Crippen LogP contribution in [0.5, 0.6) is 0 Å². The molecule has 0 spiro atoms.